The zero-order valence-electron chi connectivity index (χ0n) is 9.71. The summed E-state index contributed by atoms with van der Waals surface area (Å²) in [6, 6.07) is 5.46. The third-order valence-corrected chi connectivity index (χ3v) is 3.07. The van der Waals surface area contributed by atoms with Crippen molar-refractivity contribution in [2.24, 2.45) is 0 Å². The molecular weight excluding hydrogens is 234 g/mol. The minimum absolute atomic E-state index is 0.197. The van der Waals surface area contributed by atoms with E-state index in [1.807, 2.05) is 12.1 Å². The number of carboxylic acids is 1. The van der Waals surface area contributed by atoms with E-state index in [-0.39, 0.29) is 6.79 Å². The molecule has 0 bridgehead atoms. The van der Waals surface area contributed by atoms with Gasteiger partial charge < -0.3 is 14.6 Å². The largest absolute Gasteiger partial charge is 0.481 e. The van der Waals surface area contributed by atoms with E-state index < -0.39 is 11.9 Å². The molecule has 5 nitrogen and oxygen atoms in total. The SMILES string of the molecule is CC(C(=O)O)c1nccc2cc3c(cc12)OCO3. The highest BCUT2D eigenvalue weighted by molar-refractivity contribution is 5.91. The monoisotopic (exact) mass is 245 g/mol. The molecule has 1 atom stereocenters. The molecule has 0 saturated heterocycles. The quantitative estimate of drug-likeness (QED) is 0.877. The van der Waals surface area contributed by atoms with Crippen molar-refractivity contribution in [2.45, 2.75) is 12.8 Å². The van der Waals surface area contributed by atoms with Gasteiger partial charge in [-0.25, -0.2) is 0 Å². The van der Waals surface area contributed by atoms with E-state index in [2.05, 4.69) is 4.98 Å². The second kappa shape index (κ2) is 3.87. The topological polar surface area (TPSA) is 68.7 Å². The molecule has 92 valence electrons. The summed E-state index contributed by atoms with van der Waals surface area (Å²) in [6.07, 6.45) is 1.61. The maximum atomic E-state index is 11.1. The maximum Gasteiger partial charge on any atom is 0.312 e. The molecule has 0 radical (unpaired) electrons. The van der Waals surface area contributed by atoms with E-state index in [1.165, 1.54) is 0 Å². The molecule has 1 aliphatic rings. The molecule has 1 aliphatic heterocycles. The molecule has 5 heteroatoms. The fraction of sp³-hybridized carbons (Fsp3) is 0.231. The summed E-state index contributed by atoms with van der Waals surface area (Å²) in [7, 11) is 0. The molecule has 3 rings (SSSR count). The number of fused-ring (bicyclic) bond motifs is 2. The van der Waals surface area contributed by atoms with Gasteiger partial charge in [0.15, 0.2) is 11.5 Å². The van der Waals surface area contributed by atoms with Gasteiger partial charge in [0.25, 0.3) is 0 Å². The molecule has 0 amide bonds. The third kappa shape index (κ3) is 1.55. The number of rotatable bonds is 2. The number of aromatic nitrogens is 1. The normalized spacial score (nSPS) is 14.7. The predicted octanol–water partition coefficient (Wildman–Crippen LogP) is 2.15. The summed E-state index contributed by atoms with van der Waals surface area (Å²) >= 11 is 0. The van der Waals surface area contributed by atoms with Gasteiger partial charge >= 0.3 is 5.97 Å². The molecule has 18 heavy (non-hydrogen) atoms. The fourth-order valence-electron chi connectivity index (χ4n) is 2.05. The van der Waals surface area contributed by atoms with Crippen LogP contribution < -0.4 is 9.47 Å². The number of ether oxygens (including phenoxy) is 2. The Morgan fingerprint density at radius 1 is 1.39 bits per heavy atom. The molecule has 2 heterocycles. The van der Waals surface area contributed by atoms with Crippen LogP contribution in [0.25, 0.3) is 10.8 Å². The molecule has 1 aromatic heterocycles. The van der Waals surface area contributed by atoms with Gasteiger partial charge in [-0.3, -0.25) is 9.78 Å². The maximum absolute atomic E-state index is 11.1. The summed E-state index contributed by atoms with van der Waals surface area (Å²) < 4.78 is 10.6. The van der Waals surface area contributed by atoms with Crippen molar-refractivity contribution in [1.29, 1.82) is 0 Å². The number of hydrogen-bond acceptors (Lipinski definition) is 4. The average molecular weight is 245 g/mol. The Balaban J connectivity index is 2.24. The Hall–Kier alpha value is -2.30. The van der Waals surface area contributed by atoms with E-state index in [9.17, 15) is 4.79 Å². The first-order valence-corrected chi connectivity index (χ1v) is 5.58. The highest BCUT2D eigenvalue weighted by Gasteiger charge is 2.21. The predicted molar refractivity (Wildman–Crippen MR) is 63.9 cm³/mol. The molecule has 2 aromatic rings. The van der Waals surface area contributed by atoms with Crippen molar-refractivity contribution in [3.63, 3.8) is 0 Å². The summed E-state index contributed by atoms with van der Waals surface area (Å²) in [5.74, 6) is -0.237. The van der Waals surface area contributed by atoms with Gasteiger partial charge in [-0.2, -0.15) is 0 Å². The van der Waals surface area contributed by atoms with Crippen LogP contribution in [0.1, 0.15) is 18.5 Å². The van der Waals surface area contributed by atoms with Gasteiger partial charge in [-0.15, -0.1) is 0 Å². The van der Waals surface area contributed by atoms with Gasteiger partial charge in [-0.1, -0.05) is 0 Å². The van der Waals surface area contributed by atoms with Crippen LogP contribution in [-0.4, -0.2) is 22.9 Å². The van der Waals surface area contributed by atoms with Crippen molar-refractivity contribution < 1.29 is 19.4 Å². The minimum atomic E-state index is -0.896. The molecule has 1 N–H and O–H groups in total. The van der Waals surface area contributed by atoms with Crippen LogP contribution in [0.15, 0.2) is 24.4 Å². The number of pyridine rings is 1. The number of benzene rings is 1. The number of carboxylic acid groups (broad SMARTS) is 1. The van der Waals surface area contributed by atoms with E-state index >= 15 is 0 Å². The van der Waals surface area contributed by atoms with Crippen LogP contribution in [0.5, 0.6) is 11.5 Å². The highest BCUT2D eigenvalue weighted by atomic mass is 16.7. The Morgan fingerprint density at radius 2 is 2.11 bits per heavy atom. The zero-order chi connectivity index (χ0) is 12.7. The molecule has 0 saturated carbocycles. The lowest BCUT2D eigenvalue weighted by Crippen LogP contribution is -2.09. The summed E-state index contributed by atoms with van der Waals surface area (Å²) in [5, 5.41) is 10.8. The number of carbonyl (C=O) groups is 1. The lowest BCUT2D eigenvalue weighted by Gasteiger charge is -2.10. The first-order chi connectivity index (χ1) is 8.66. The second-order valence-corrected chi connectivity index (χ2v) is 4.18. The van der Waals surface area contributed by atoms with E-state index in [0.29, 0.717) is 17.2 Å². The molecular formula is C13H11NO4. The first-order valence-electron chi connectivity index (χ1n) is 5.58. The summed E-state index contributed by atoms with van der Waals surface area (Å²) in [4.78, 5) is 15.3. The number of nitrogens with zero attached hydrogens (tertiary/aromatic N) is 1. The van der Waals surface area contributed by atoms with Crippen LogP contribution in [0.4, 0.5) is 0 Å². The lowest BCUT2D eigenvalue weighted by atomic mass is 10.0. The molecule has 0 aliphatic carbocycles. The van der Waals surface area contributed by atoms with Crippen LogP contribution in [0.3, 0.4) is 0 Å². The van der Waals surface area contributed by atoms with Gasteiger partial charge in [0.2, 0.25) is 6.79 Å². The first kappa shape index (κ1) is 10.8. The van der Waals surface area contributed by atoms with Gasteiger partial charge in [0, 0.05) is 11.6 Å². The van der Waals surface area contributed by atoms with E-state index in [0.717, 1.165) is 10.8 Å². The Morgan fingerprint density at radius 3 is 2.83 bits per heavy atom. The molecule has 1 aromatic carbocycles. The van der Waals surface area contributed by atoms with Gasteiger partial charge in [0.1, 0.15) is 0 Å². The third-order valence-electron chi connectivity index (χ3n) is 3.07. The number of hydrogen-bond donors (Lipinski definition) is 1. The van der Waals surface area contributed by atoms with Gasteiger partial charge in [-0.05, 0) is 30.5 Å². The van der Waals surface area contributed by atoms with Crippen molar-refractivity contribution in [2.75, 3.05) is 6.79 Å². The van der Waals surface area contributed by atoms with E-state index in [1.54, 1.807) is 19.2 Å². The van der Waals surface area contributed by atoms with Crippen LogP contribution in [0.2, 0.25) is 0 Å². The molecule has 1 unspecified atom stereocenters. The Labute approximate surface area is 103 Å². The number of aliphatic carboxylic acids is 1. The minimum Gasteiger partial charge on any atom is -0.481 e. The van der Waals surface area contributed by atoms with Crippen molar-refractivity contribution in [3.05, 3.63) is 30.1 Å². The van der Waals surface area contributed by atoms with Crippen LogP contribution >= 0.6 is 0 Å². The van der Waals surface area contributed by atoms with Crippen molar-refractivity contribution in [3.8, 4) is 11.5 Å². The molecule has 0 fully saturated rings. The molecule has 0 spiro atoms. The summed E-state index contributed by atoms with van der Waals surface area (Å²) in [5.41, 5.74) is 0.540. The van der Waals surface area contributed by atoms with Crippen LogP contribution in [0, 0.1) is 0 Å². The Bertz CT molecular complexity index is 638. The van der Waals surface area contributed by atoms with Crippen molar-refractivity contribution in [1.82, 2.24) is 4.98 Å². The van der Waals surface area contributed by atoms with Gasteiger partial charge in [0.05, 0.1) is 11.6 Å². The van der Waals surface area contributed by atoms with E-state index in [4.69, 9.17) is 14.6 Å². The highest BCUT2D eigenvalue weighted by Crippen LogP contribution is 2.37. The fourth-order valence-corrected chi connectivity index (χ4v) is 2.05. The van der Waals surface area contributed by atoms with Crippen LogP contribution in [-0.2, 0) is 4.79 Å². The van der Waals surface area contributed by atoms with Crippen molar-refractivity contribution >= 4 is 16.7 Å². The smallest absolute Gasteiger partial charge is 0.312 e. The Kier molecular flexibility index (Phi) is 2.33. The standard InChI is InChI=1S/C13H11NO4/c1-7(13(15)16)12-9-5-11-10(17-6-18-11)4-8(9)2-3-14-12/h2-5,7H,6H2,1H3,(H,15,16). The zero-order valence-corrected chi connectivity index (χ0v) is 9.71. The lowest BCUT2D eigenvalue weighted by molar-refractivity contribution is -0.138. The average Bonchev–Trinajstić information content (AvgIpc) is 2.81. The second-order valence-electron chi connectivity index (χ2n) is 4.18. The summed E-state index contributed by atoms with van der Waals surface area (Å²) in [6.45, 7) is 1.82.